The molecule has 25 heavy (non-hydrogen) atoms. The van der Waals surface area contributed by atoms with Crippen molar-refractivity contribution in [2.24, 2.45) is 0 Å². The summed E-state index contributed by atoms with van der Waals surface area (Å²) in [4.78, 5) is 21.3. The van der Waals surface area contributed by atoms with Gasteiger partial charge in [-0.25, -0.2) is 11.6 Å². The van der Waals surface area contributed by atoms with Gasteiger partial charge in [0.2, 0.25) is 5.91 Å². The summed E-state index contributed by atoms with van der Waals surface area (Å²) in [6, 6.07) is 5.51. The second kappa shape index (κ2) is 12.3. The molecule has 1 fully saturated rings. The number of halogens is 2. The Kier molecular flexibility index (Phi) is 11.3. The van der Waals surface area contributed by atoms with Gasteiger partial charge < -0.3 is 10.6 Å². The van der Waals surface area contributed by atoms with Crippen molar-refractivity contribution in [3.05, 3.63) is 35.3 Å². The number of hydrogen-bond donors (Lipinski definition) is 2. The fourth-order valence-corrected chi connectivity index (χ4v) is 2.47. The predicted octanol–water partition coefficient (Wildman–Crippen LogP) is 2.06. The number of hydrogen-bond acceptors (Lipinski definition) is 5. The summed E-state index contributed by atoms with van der Waals surface area (Å²) in [6.45, 7) is 9.50. The van der Waals surface area contributed by atoms with E-state index in [0.29, 0.717) is 18.7 Å². The first-order valence-corrected chi connectivity index (χ1v) is 7.71. The lowest BCUT2D eigenvalue weighted by molar-refractivity contribution is -0.130. The normalized spacial score (nSPS) is 15.3. The van der Waals surface area contributed by atoms with E-state index < -0.39 is 0 Å². The second-order valence-electron chi connectivity index (χ2n) is 5.34. The van der Waals surface area contributed by atoms with Crippen molar-refractivity contribution >= 4 is 36.5 Å². The third-order valence-electron chi connectivity index (χ3n) is 3.70. The molecule has 1 atom stereocenters. The molecule has 2 heterocycles. The molecule has 0 bridgehead atoms. The van der Waals surface area contributed by atoms with Crippen LogP contribution in [0.2, 0.25) is 0 Å². The summed E-state index contributed by atoms with van der Waals surface area (Å²) in [7, 11) is 0. The van der Waals surface area contributed by atoms with E-state index in [-0.39, 0.29) is 43.4 Å². The molecule has 0 saturated carbocycles. The van der Waals surface area contributed by atoms with Crippen LogP contribution in [0.4, 0.5) is 5.82 Å². The molecular weight excluding hydrogens is 363 g/mol. The van der Waals surface area contributed by atoms with Gasteiger partial charge in [-0.15, -0.1) is 24.8 Å². The molecule has 1 aromatic heterocycles. The maximum atomic E-state index is 12.0. The first-order valence-electron chi connectivity index (χ1n) is 7.71. The Labute approximate surface area is 160 Å². The van der Waals surface area contributed by atoms with Crippen LogP contribution in [-0.4, -0.2) is 48.1 Å². The largest absolute Gasteiger partial charge is 0.370 e. The molecule has 136 valence electrons. The van der Waals surface area contributed by atoms with E-state index in [0.717, 1.165) is 31.6 Å². The van der Waals surface area contributed by atoms with Crippen LogP contribution in [0.15, 0.2) is 18.3 Å². The van der Waals surface area contributed by atoms with Crippen molar-refractivity contribution in [3.8, 4) is 6.07 Å². The third-order valence-corrected chi connectivity index (χ3v) is 3.70. The fraction of sp³-hybridized carbons (Fsp3) is 0.500. The van der Waals surface area contributed by atoms with E-state index in [1.807, 2.05) is 6.07 Å². The van der Waals surface area contributed by atoms with Gasteiger partial charge in [-0.2, -0.15) is 5.26 Å². The summed E-state index contributed by atoms with van der Waals surface area (Å²) in [6.07, 6.45) is 3.81. The van der Waals surface area contributed by atoms with E-state index in [2.05, 4.69) is 20.5 Å². The number of carbonyl (C=O) groups excluding carboxylic acids is 1. The summed E-state index contributed by atoms with van der Waals surface area (Å²) in [5, 5.41) is 15.0. The van der Waals surface area contributed by atoms with Gasteiger partial charge >= 0.3 is 6.17 Å². The van der Waals surface area contributed by atoms with Crippen LogP contribution in [0.5, 0.6) is 0 Å². The third kappa shape index (κ3) is 7.15. The van der Waals surface area contributed by atoms with Crippen LogP contribution in [-0.2, 0) is 4.79 Å². The van der Waals surface area contributed by atoms with Crippen molar-refractivity contribution in [1.29, 1.82) is 5.26 Å². The molecule has 1 saturated heterocycles. The van der Waals surface area contributed by atoms with E-state index in [4.69, 9.17) is 11.8 Å². The quantitative estimate of drug-likeness (QED) is 0.554. The van der Waals surface area contributed by atoms with Gasteiger partial charge in [0, 0.05) is 25.7 Å². The van der Waals surface area contributed by atoms with Crippen molar-refractivity contribution in [1.82, 2.24) is 15.2 Å². The minimum Gasteiger partial charge on any atom is -0.370 e. The maximum absolute atomic E-state index is 12.0. The lowest BCUT2D eigenvalue weighted by atomic mass is 10.3. The molecule has 1 amide bonds. The zero-order chi connectivity index (χ0) is 16.5. The van der Waals surface area contributed by atoms with Crippen LogP contribution in [0.3, 0.4) is 0 Å². The van der Waals surface area contributed by atoms with Crippen molar-refractivity contribution in [3.63, 3.8) is 0 Å². The summed E-state index contributed by atoms with van der Waals surface area (Å²) in [5.41, 5.74) is 0.537. The predicted molar refractivity (Wildman–Crippen MR) is 101 cm³/mol. The van der Waals surface area contributed by atoms with Crippen LogP contribution in [0.1, 0.15) is 24.8 Å². The van der Waals surface area contributed by atoms with E-state index in [1.54, 1.807) is 17.0 Å². The highest BCUT2D eigenvalue weighted by atomic mass is 35.5. The number of carbonyl (C=O) groups is 1. The zero-order valence-corrected chi connectivity index (χ0v) is 15.4. The number of nitrogens with zero attached hydrogens (tertiary/aromatic N) is 4. The number of anilines is 1. The topological polar surface area (TPSA) is 85.4 Å². The lowest BCUT2D eigenvalue weighted by Gasteiger charge is -2.16. The monoisotopic (exact) mass is 384 g/mol. The number of amides is 1. The molecular formula is C16H22Cl2N6O. The number of nitrogens with one attached hydrogen (secondary N) is 2. The average Bonchev–Trinajstić information content (AvgIpc) is 3.07. The van der Waals surface area contributed by atoms with Crippen LogP contribution >= 0.6 is 24.8 Å². The van der Waals surface area contributed by atoms with Crippen LogP contribution in [0, 0.1) is 17.9 Å². The zero-order valence-electron chi connectivity index (χ0n) is 13.8. The number of likely N-dealkylation sites (tertiary alicyclic amines) is 1. The van der Waals surface area contributed by atoms with Crippen molar-refractivity contribution in [2.45, 2.75) is 25.4 Å². The van der Waals surface area contributed by atoms with Gasteiger partial charge in [-0.05, 0) is 31.5 Å². The maximum Gasteiger partial charge on any atom is 0.300 e. The standard InChI is InChI=1S/C16H20N6O.2ClH/c1-18-15-4-2-9-22(15)16(23)12-19-7-3-8-20-14-6-5-13(10-17)11-21-14;;/h5-6,11,15,19H,2-4,7-9,12H2,(H,20,21);2*1H/t15-;;/m0../s1. The first kappa shape index (κ1) is 22.9. The minimum atomic E-state index is -0.270. The van der Waals surface area contributed by atoms with Gasteiger partial charge in [-0.1, -0.05) is 0 Å². The Morgan fingerprint density at radius 3 is 2.88 bits per heavy atom. The molecule has 9 heteroatoms. The Hall–Kier alpha value is -2.06. The fourth-order valence-electron chi connectivity index (χ4n) is 2.47. The van der Waals surface area contributed by atoms with Crippen molar-refractivity contribution in [2.75, 3.05) is 31.5 Å². The molecule has 0 aliphatic carbocycles. The van der Waals surface area contributed by atoms with E-state index >= 15 is 0 Å². The number of nitriles is 1. The Morgan fingerprint density at radius 2 is 2.24 bits per heavy atom. The molecule has 0 spiro atoms. The van der Waals surface area contributed by atoms with Gasteiger partial charge in [0.15, 0.2) is 0 Å². The molecule has 1 aliphatic heterocycles. The van der Waals surface area contributed by atoms with Gasteiger partial charge in [-0.3, -0.25) is 14.5 Å². The molecule has 2 N–H and O–H groups in total. The summed E-state index contributed by atoms with van der Waals surface area (Å²) >= 11 is 0. The Balaban J connectivity index is 0.00000288. The SMILES string of the molecule is Cl.Cl.[C-]#[N+][C@@H]1CCCN1C(=O)CNCCCNc1ccc(C#N)cn1. The minimum absolute atomic E-state index is 0. The Bertz CT molecular complexity index is 611. The second-order valence-corrected chi connectivity index (χ2v) is 5.34. The highest BCUT2D eigenvalue weighted by Crippen LogP contribution is 2.17. The number of aromatic nitrogens is 1. The number of rotatable bonds is 7. The molecule has 1 aromatic rings. The molecule has 2 rings (SSSR count). The average molecular weight is 385 g/mol. The van der Waals surface area contributed by atoms with Crippen LogP contribution in [0.25, 0.3) is 4.85 Å². The molecule has 7 nitrogen and oxygen atoms in total. The molecule has 0 unspecified atom stereocenters. The lowest BCUT2D eigenvalue weighted by Crippen LogP contribution is -2.40. The Morgan fingerprint density at radius 1 is 1.44 bits per heavy atom. The molecule has 0 radical (unpaired) electrons. The molecule has 1 aliphatic rings. The van der Waals surface area contributed by atoms with E-state index in [1.165, 1.54) is 6.20 Å². The van der Waals surface area contributed by atoms with Crippen LogP contribution < -0.4 is 10.6 Å². The smallest absolute Gasteiger partial charge is 0.300 e. The van der Waals surface area contributed by atoms with Gasteiger partial charge in [0.05, 0.1) is 12.1 Å². The van der Waals surface area contributed by atoms with E-state index in [9.17, 15) is 4.79 Å². The number of pyridine rings is 1. The van der Waals surface area contributed by atoms with Crippen molar-refractivity contribution < 1.29 is 4.79 Å². The highest BCUT2D eigenvalue weighted by molar-refractivity contribution is 5.85. The highest BCUT2D eigenvalue weighted by Gasteiger charge is 2.32. The van der Waals surface area contributed by atoms with Gasteiger partial charge in [0.1, 0.15) is 11.9 Å². The molecule has 0 aromatic carbocycles. The first-order chi connectivity index (χ1) is 11.2. The van der Waals surface area contributed by atoms with Gasteiger partial charge in [0.25, 0.3) is 0 Å². The summed E-state index contributed by atoms with van der Waals surface area (Å²) < 4.78 is 0. The summed E-state index contributed by atoms with van der Waals surface area (Å²) in [5.74, 6) is 0.738.